The Morgan fingerprint density at radius 1 is 1.26 bits per heavy atom. The van der Waals surface area contributed by atoms with E-state index in [9.17, 15) is 4.39 Å². The van der Waals surface area contributed by atoms with E-state index in [1.807, 2.05) is 18.2 Å². The minimum absolute atomic E-state index is 0.164. The van der Waals surface area contributed by atoms with Crippen LogP contribution in [-0.2, 0) is 6.54 Å². The van der Waals surface area contributed by atoms with Crippen LogP contribution >= 0.6 is 27.5 Å². The van der Waals surface area contributed by atoms with Gasteiger partial charge in [-0.1, -0.05) is 51.8 Å². The highest BCUT2D eigenvalue weighted by molar-refractivity contribution is 9.10. The molecular formula is C15H14BrClFN. The maximum Gasteiger partial charge on any atom is 0.142 e. The molecule has 0 bridgehead atoms. The van der Waals surface area contributed by atoms with Crippen molar-refractivity contribution >= 4 is 27.5 Å². The standard InChI is InChI=1S/C15H14BrClFN/c1-10(11-4-2-6-13(16)8-11)19-9-12-5-3-7-14(18)15(12)17/h2-8,10,19H,9H2,1H3. The van der Waals surface area contributed by atoms with E-state index in [0.29, 0.717) is 6.54 Å². The van der Waals surface area contributed by atoms with E-state index < -0.39 is 0 Å². The minimum Gasteiger partial charge on any atom is -0.306 e. The highest BCUT2D eigenvalue weighted by atomic mass is 79.9. The van der Waals surface area contributed by atoms with Crippen LogP contribution in [0.2, 0.25) is 5.02 Å². The Bertz CT molecular complexity index is 574. The van der Waals surface area contributed by atoms with Gasteiger partial charge in [-0.05, 0) is 36.2 Å². The third-order valence-corrected chi connectivity index (χ3v) is 3.90. The number of rotatable bonds is 4. The molecule has 1 N–H and O–H groups in total. The third kappa shape index (κ3) is 3.78. The molecule has 4 heteroatoms. The van der Waals surface area contributed by atoms with Crippen LogP contribution in [-0.4, -0.2) is 0 Å². The molecule has 1 unspecified atom stereocenters. The Balaban J connectivity index is 2.04. The number of halogens is 3. The Kier molecular flexibility index (Phi) is 4.97. The summed E-state index contributed by atoms with van der Waals surface area (Å²) in [6.45, 7) is 2.60. The largest absolute Gasteiger partial charge is 0.306 e. The summed E-state index contributed by atoms with van der Waals surface area (Å²) >= 11 is 9.37. The quantitative estimate of drug-likeness (QED) is 0.816. The third-order valence-electron chi connectivity index (χ3n) is 2.98. The summed E-state index contributed by atoms with van der Waals surface area (Å²) < 4.78 is 14.4. The lowest BCUT2D eigenvalue weighted by Crippen LogP contribution is -2.18. The summed E-state index contributed by atoms with van der Waals surface area (Å²) in [6, 6.07) is 13.1. The lowest BCUT2D eigenvalue weighted by molar-refractivity contribution is 0.569. The van der Waals surface area contributed by atoms with E-state index in [0.717, 1.165) is 10.0 Å². The Hall–Kier alpha value is -0.900. The van der Waals surface area contributed by atoms with Gasteiger partial charge in [0.05, 0.1) is 5.02 Å². The first-order valence-corrected chi connectivity index (χ1v) is 7.17. The topological polar surface area (TPSA) is 12.0 Å². The minimum atomic E-state index is -0.379. The molecule has 0 aliphatic carbocycles. The fourth-order valence-corrected chi connectivity index (χ4v) is 2.45. The van der Waals surface area contributed by atoms with Gasteiger partial charge in [0.1, 0.15) is 5.82 Å². The molecule has 19 heavy (non-hydrogen) atoms. The number of benzene rings is 2. The monoisotopic (exact) mass is 341 g/mol. The number of hydrogen-bond donors (Lipinski definition) is 1. The van der Waals surface area contributed by atoms with Crippen LogP contribution in [0.25, 0.3) is 0 Å². The zero-order chi connectivity index (χ0) is 13.8. The van der Waals surface area contributed by atoms with Gasteiger partial charge in [-0.3, -0.25) is 0 Å². The number of nitrogens with one attached hydrogen (secondary N) is 1. The molecule has 0 aliphatic rings. The van der Waals surface area contributed by atoms with Crippen molar-refractivity contribution in [1.82, 2.24) is 5.32 Å². The van der Waals surface area contributed by atoms with E-state index in [-0.39, 0.29) is 16.9 Å². The summed E-state index contributed by atoms with van der Waals surface area (Å²) in [5.41, 5.74) is 1.94. The highest BCUT2D eigenvalue weighted by Crippen LogP contribution is 2.22. The van der Waals surface area contributed by atoms with Crippen molar-refractivity contribution in [3.63, 3.8) is 0 Å². The Morgan fingerprint density at radius 3 is 2.74 bits per heavy atom. The maximum absolute atomic E-state index is 13.3. The van der Waals surface area contributed by atoms with Crippen LogP contribution in [0.4, 0.5) is 4.39 Å². The van der Waals surface area contributed by atoms with Crippen molar-refractivity contribution in [2.45, 2.75) is 19.5 Å². The van der Waals surface area contributed by atoms with E-state index in [2.05, 4.69) is 40.3 Å². The average Bonchev–Trinajstić information content (AvgIpc) is 2.40. The Morgan fingerprint density at radius 2 is 2.00 bits per heavy atom. The van der Waals surface area contributed by atoms with Crippen LogP contribution in [0, 0.1) is 5.82 Å². The van der Waals surface area contributed by atoms with Gasteiger partial charge in [-0.15, -0.1) is 0 Å². The van der Waals surface area contributed by atoms with Gasteiger partial charge in [0.15, 0.2) is 0 Å². The second kappa shape index (κ2) is 6.51. The van der Waals surface area contributed by atoms with Crippen LogP contribution < -0.4 is 5.32 Å². The van der Waals surface area contributed by atoms with E-state index in [1.165, 1.54) is 11.6 Å². The van der Waals surface area contributed by atoms with E-state index in [4.69, 9.17) is 11.6 Å². The summed E-state index contributed by atoms with van der Waals surface area (Å²) in [5.74, 6) is -0.379. The van der Waals surface area contributed by atoms with Gasteiger partial charge >= 0.3 is 0 Å². The van der Waals surface area contributed by atoms with Crippen molar-refractivity contribution in [2.24, 2.45) is 0 Å². The molecule has 2 rings (SSSR count). The average molecular weight is 343 g/mol. The summed E-state index contributed by atoms with van der Waals surface area (Å²) in [7, 11) is 0. The molecule has 0 spiro atoms. The molecular weight excluding hydrogens is 329 g/mol. The molecule has 0 aliphatic heterocycles. The maximum atomic E-state index is 13.3. The first kappa shape index (κ1) is 14.5. The van der Waals surface area contributed by atoms with Crippen molar-refractivity contribution in [3.8, 4) is 0 Å². The molecule has 0 fully saturated rings. The van der Waals surface area contributed by atoms with Crippen molar-refractivity contribution in [1.29, 1.82) is 0 Å². The molecule has 0 radical (unpaired) electrons. The molecule has 2 aromatic carbocycles. The van der Waals surface area contributed by atoms with E-state index in [1.54, 1.807) is 6.07 Å². The number of hydrogen-bond acceptors (Lipinski definition) is 1. The first-order valence-electron chi connectivity index (χ1n) is 5.99. The SMILES string of the molecule is CC(NCc1cccc(F)c1Cl)c1cccc(Br)c1. The second-order valence-corrected chi connectivity index (χ2v) is 5.66. The van der Waals surface area contributed by atoms with Crippen LogP contribution in [0.5, 0.6) is 0 Å². The molecule has 2 aromatic rings. The van der Waals surface area contributed by atoms with Crippen LogP contribution in [0.15, 0.2) is 46.9 Å². The van der Waals surface area contributed by atoms with Crippen LogP contribution in [0.3, 0.4) is 0 Å². The fourth-order valence-electron chi connectivity index (χ4n) is 1.84. The highest BCUT2D eigenvalue weighted by Gasteiger charge is 2.08. The summed E-state index contributed by atoms with van der Waals surface area (Å²) in [6.07, 6.45) is 0. The van der Waals surface area contributed by atoms with Crippen LogP contribution in [0.1, 0.15) is 24.1 Å². The van der Waals surface area contributed by atoms with Gasteiger partial charge in [-0.2, -0.15) is 0 Å². The van der Waals surface area contributed by atoms with Gasteiger partial charge in [-0.25, -0.2) is 4.39 Å². The van der Waals surface area contributed by atoms with E-state index >= 15 is 0 Å². The summed E-state index contributed by atoms with van der Waals surface area (Å²) in [5, 5.41) is 3.53. The van der Waals surface area contributed by atoms with Crippen molar-refractivity contribution in [3.05, 3.63) is 68.9 Å². The van der Waals surface area contributed by atoms with Gasteiger partial charge in [0, 0.05) is 17.1 Å². The predicted molar refractivity (Wildman–Crippen MR) is 80.8 cm³/mol. The van der Waals surface area contributed by atoms with Gasteiger partial charge in [0.25, 0.3) is 0 Å². The molecule has 1 nitrogen and oxygen atoms in total. The lowest BCUT2D eigenvalue weighted by Gasteiger charge is -2.15. The fraction of sp³-hybridized carbons (Fsp3) is 0.200. The lowest BCUT2D eigenvalue weighted by atomic mass is 10.1. The predicted octanol–water partition coefficient (Wildman–Crippen LogP) is 5.09. The molecule has 0 saturated carbocycles. The molecule has 0 saturated heterocycles. The normalized spacial score (nSPS) is 12.4. The molecule has 0 aromatic heterocycles. The zero-order valence-electron chi connectivity index (χ0n) is 10.5. The van der Waals surface area contributed by atoms with Crippen molar-refractivity contribution in [2.75, 3.05) is 0 Å². The molecule has 0 amide bonds. The van der Waals surface area contributed by atoms with Gasteiger partial charge < -0.3 is 5.32 Å². The smallest absolute Gasteiger partial charge is 0.142 e. The second-order valence-electron chi connectivity index (χ2n) is 4.37. The molecule has 100 valence electrons. The summed E-state index contributed by atoms with van der Waals surface area (Å²) in [4.78, 5) is 0. The molecule has 1 atom stereocenters. The first-order chi connectivity index (χ1) is 9.08. The Labute approximate surface area is 125 Å². The van der Waals surface area contributed by atoms with Crippen molar-refractivity contribution < 1.29 is 4.39 Å². The van der Waals surface area contributed by atoms with Gasteiger partial charge in [0.2, 0.25) is 0 Å². The molecule has 0 heterocycles. The zero-order valence-corrected chi connectivity index (χ0v) is 12.8.